The molecule has 0 radical (unpaired) electrons. The zero-order valence-corrected chi connectivity index (χ0v) is 7.27. The number of hydrogen-bond donors (Lipinski definition) is 2. The van der Waals surface area contributed by atoms with Crippen molar-refractivity contribution in [3.63, 3.8) is 0 Å². The van der Waals surface area contributed by atoms with E-state index in [2.05, 4.69) is 21.4 Å². The van der Waals surface area contributed by atoms with Crippen LogP contribution in [0.25, 0.3) is 0 Å². The average Bonchev–Trinajstić information content (AvgIpc) is 1.88. The van der Waals surface area contributed by atoms with Gasteiger partial charge in [0.2, 0.25) is 0 Å². The predicted octanol–water partition coefficient (Wildman–Crippen LogP) is 2.04. The van der Waals surface area contributed by atoms with Crippen molar-refractivity contribution in [2.45, 2.75) is 6.92 Å². The molecule has 0 aliphatic carbocycles. The van der Waals surface area contributed by atoms with Crippen molar-refractivity contribution in [3.8, 4) is 0 Å². The van der Waals surface area contributed by atoms with Gasteiger partial charge in [-0.15, -0.1) is 0 Å². The lowest BCUT2D eigenvalue weighted by atomic mass is 10.2. The molecule has 54 valence electrons. The lowest BCUT2D eigenvalue weighted by Gasteiger charge is -2.03. The largest absolute Gasteiger partial charge is 0.324 e. The molecule has 1 aromatic carbocycles. The summed E-state index contributed by atoms with van der Waals surface area (Å²) in [5, 5.41) is 0. The van der Waals surface area contributed by atoms with Crippen molar-refractivity contribution in [2.24, 2.45) is 5.84 Å². The van der Waals surface area contributed by atoms with E-state index in [0.29, 0.717) is 0 Å². The molecule has 0 atom stereocenters. The third kappa shape index (κ3) is 1.49. The minimum absolute atomic E-state index is 0.961. The van der Waals surface area contributed by atoms with Crippen LogP contribution in [0.15, 0.2) is 22.7 Å². The zero-order valence-electron chi connectivity index (χ0n) is 5.69. The summed E-state index contributed by atoms with van der Waals surface area (Å²) in [7, 11) is 0. The molecule has 3 heteroatoms. The Labute approximate surface area is 68.5 Å². The van der Waals surface area contributed by atoms with E-state index in [4.69, 9.17) is 5.84 Å². The first kappa shape index (κ1) is 7.57. The van der Waals surface area contributed by atoms with Gasteiger partial charge in [0.05, 0.1) is 5.69 Å². The standard InChI is InChI=1S/C7H9BrN2/c1-5-4-6(8)2-3-7(5)10-9/h2-4,10H,9H2,1H3. The van der Waals surface area contributed by atoms with E-state index < -0.39 is 0 Å². The van der Waals surface area contributed by atoms with Crippen LogP contribution >= 0.6 is 15.9 Å². The van der Waals surface area contributed by atoms with E-state index in [9.17, 15) is 0 Å². The number of anilines is 1. The quantitative estimate of drug-likeness (QED) is 0.539. The van der Waals surface area contributed by atoms with Crippen LogP contribution in [0, 0.1) is 6.92 Å². The highest BCUT2D eigenvalue weighted by Crippen LogP contribution is 2.18. The fourth-order valence-electron chi connectivity index (χ4n) is 0.789. The Morgan fingerprint density at radius 1 is 1.50 bits per heavy atom. The number of nitrogen functional groups attached to an aromatic ring is 1. The molecule has 1 rings (SSSR count). The molecule has 0 aromatic heterocycles. The van der Waals surface area contributed by atoms with Crippen LogP contribution in [-0.4, -0.2) is 0 Å². The maximum Gasteiger partial charge on any atom is 0.0515 e. The Morgan fingerprint density at radius 3 is 2.70 bits per heavy atom. The van der Waals surface area contributed by atoms with E-state index in [1.807, 2.05) is 25.1 Å². The van der Waals surface area contributed by atoms with Crippen molar-refractivity contribution in [1.82, 2.24) is 0 Å². The van der Waals surface area contributed by atoms with Crippen LogP contribution < -0.4 is 11.3 Å². The highest BCUT2D eigenvalue weighted by atomic mass is 79.9. The third-order valence-electron chi connectivity index (χ3n) is 1.34. The maximum absolute atomic E-state index is 5.24. The molecule has 0 unspecified atom stereocenters. The molecule has 1 aromatic rings. The van der Waals surface area contributed by atoms with Gasteiger partial charge in [-0.25, -0.2) is 0 Å². The number of aryl methyl sites for hydroxylation is 1. The summed E-state index contributed by atoms with van der Waals surface area (Å²) in [6, 6.07) is 5.89. The SMILES string of the molecule is Cc1cc(Br)ccc1NN. The number of nitrogens with two attached hydrogens (primary N) is 1. The second-order valence-corrected chi connectivity index (χ2v) is 3.02. The van der Waals surface area contributed by atoms with Crippen molar-refractivity contribution in [1.29, 1.82) is 0 Å². The van der Waals surface area contributed by atoms with E-state index in [1.165, 1.54) is 0 Å². The summed E-state index contributed by atoms with van der Waals surface area (Å²) >= 11 is 3.36. The molecule has 0 spiro atoms. The van der Waals surface area contributed by atoms with Gasteiger partial charge in [0, 0.05) is 4.47 Å². The van der Waals surface area contributed by atoms with Gasteiger partial charge in [-0.05, 0) is 30.7 Å². The Morgan fingerprint density at radius 2 is 2.20 bits per heavy atom. The lowest BCUT2D eigenvalue weighted by molar-refractivity contribution is 1.30. The summed E-state index contributed by atoms with van der Waals surface area (Å²) in [6.07, 6.45) is 0. The van der Waals surface area contributed by atoms with Gasteiger partial charge in [-0.1, -0.05) is 15.9 Å². The van der Waals surface area contributed by atoms with Crippen LogP contribution in [0.5, 0.6) is 0 Å². The third-order valence-corrected chi connectivity index (χ3v) is 1.84. The van der Waals surface area contributed by atoms with Gasteiger partial charge < -0.3 is 5.43 Å². The number of benzene rings is 1. The predicted molar refractivity (Wildman–Crippen MR) is 46.7 cm³/mol. The Balaban J connectivity index is 3.07. The lowest BCUT2D eigenvalue weighted by Crippen LogP contribution is -2.07. The second kappa shape index (κ2) is 3.03. The molecule has 0 amide bonds. The summed E-state index contributed by atoms with van der Waals surface area (Å²) in [6.45, 7) is 2.00. The molecular formula is C7H9BrN2. The molecule has 3 N–H and O–H groups in total. The monoisotopic (exact) mass is 200 g/mol. The Hall–Kier alpha value is -0.540. The number of hydrazine groups is 1. The molecule has 0 heterocycles. The van der Waals surface area contributed by atoms with Crippen molar-refractivity contribution < 1.29 is 0 Å². The van der Waals surface area contributed by atoms with Gasteiger partial charge >= 0.3 is 0 Å². The Bertz CT molecular complexity index is 235. The zero-order chi connectivity index (χ0) is 7.56. The molecule has 2 nitrogen and oxygen atoms in total. The molecule has 0 saturated heterocycles. The summed E-state index contributed by atoms with van der Waals surface area (Å²) < 4.78 is 1.07. The van der Waals surface area contributed by atoms with Gasteiger partial charge in [0.1, 0.15) is 0 Å². The van der Waals surface area contributed by atoms with E-state index in [1.54, 1.807) is 0 Å². The molecule has 0 bridgehead atoms. The van der Waals surface area contributed by atoms with Gasteiger partial charge in [0.15, 0.2) is 0 Å². The normalized spacial score (nSPS) is 9.50. The molecular weight excluding hydrogens is 192 g/mol. The fourth-order valence-corrected chi connectivity index (χ4v) is 1.26. The van der Waals surface area contributed by atoms with Crippen molar-refractivity contribution in [3.05, 3.63) is 28.2 Å². The minimum atomic E-state index is 0.961. The molecule has 10 heavy (non-hydrogen) atoms. The van der Waals surface area contributed by atoms with Crippen LogP contribution in [0.1, 0.15) is 5.56 Å². The van der Waals surface area contributed by atoms with Crippen LogP contribution in [-0.2, 0) is 0 Å². The molecule has 0 fully saturated rings. The summed E-state index contributed by atoms with van der Waals surface area (Å²) in [5.41, 5.74) is 4.70. The van der Waals surface area contributed by atoms with Crippen molar-refractivity contribution >= 4 is 21.6 Å². The maximum atomic E-state index is 5.24. The van der Waals surface area contributed by atoms with Crippen LogP contribution in [0.2, 0.25) is 0 Å². The number of hydrogen-bond acceptors (Lipinski definition) is 2. The van der Waals surface area contributed by atoms with E-state index >= 15 is 0 Å². The average molecular weight is 201 g/mol. The summed E-state index contributed by atoms with van der Waals surface area (Å²) in [5.74, 6) is 5.24. The van der Waals surface area contributed by atoms with E-state index in [0.717, 1.165) is 15.7 Å². The van der Waals surface area contributed by atoms with Crippen LogP contribution in [0.3, 0.4) is 0 Å². The second-order valence-electron chi connectivity index (χ2n) is 2.10. The van der Waals surface area contributed by atoms with Crippen LogP contribution in [0.4, 0.5) is 5.69 Å². The highest BCUT2D eigenvalue weighted by Gasteiger charge is 1.94. The van der Waals surface area contributed by atoms with E-state index in [-0.39, 0.29) is 0 Å². The first-order valence-corrected chi connectivity index (χ1v) is 3.76. The minimum Gasteiger partial charge on any atom is -0.324 e. The Kier molecular flexibility index (Phi) is 2.29. The molecule has 0 aliphatic rings. The van der Waals surface area contributed by atoms with Gasteiger partial charge in [-0.3, -0.25) is 5.84 Å². The topological polar surface area (TPSA) is 38.0 Å². The van der Waals surface area contributed by atoms with Crippen molar-refractivity contribution in [2.75, 3.05) is 5.43 Å². The van der Waals surface area contributed by atoms with Gasteiger partial charge in [0.25, 0.3) is 0 Å². The first-order chi connectivity index (χ1) is 4.74. The fraction of sp³-hybridized carbons (Fsp3) is 0.143. The summed E-state index contributed by atoms with van der Waals surface area (Å²) in [4.78, 5) is 0. The smallest absolute Gasteiger partial charge is 0.0515 e. The first-order valence-electron chi connectivity index (χ1n) is 2.97. The number of halogens is 1. The number of rotatable bonds is 1. The highest BCUT2D eigenvalue weighted by molar-refractivity contribution is 9.10. The molecule has 0 aliphatic heterocycles. The molecule has 0 saturated carbocycles. The van der Waals surface area contributed by atoms with Gasteiger partial charge in [-0.2, -0.15) is 0 Å². The number of nitrogens with one attached hydrogen (secondary N) is 1.